The van der Waals surface area contributed by atoms with Gasteiger partial charge < -0.3 is 0 Å². The Morgan fingerprint density at radius 1 is 1.09 bits per heavy atom. The molecule has 1 nitrogen and oxygen atoms in total. The number of fused-ring (bicyclic) bond motifs is 1. The van der Waals surface area contributed by atoms with Crippen molar-refractivity contribution in [2.24, 2.45) is 5.92 Å². The van der Waals surface area contributed by atoms with Crippen LogP contribution in [0.5, 0.6) is 0 Å². The normalized spacial score (nSPS) is 16.9. The van der Waals surface area contributed by atoms with E-state index in [2.05, 4.69) is 13.0 Å². The highest BCUT2D eigenvalue weighted by molar-refractivity contribution is 5.66. The summed E-state index contributed by atoms with van der Waals surface area (Å²) in [6, 6.07) is 10.0. The lowest BCUT2D eigenvalue weighted by Crippen LogP contribution is -2.13. The van der Waals surface area contributed by atoms with Crippen molar-refractivity contribution in [3.8, 4) is 17.2 Å². The van der Waals surface area contributed by atoms with Crippen LogP contribution in [0.25, 0.3) is 11.1 Å². The Balaban J connectivity index is 1.99. The fourth-order valence-corrected chi connectivity index (χ4v) is 3.21. The monoisotopic (exact) mass is 297 g/mol. The van der Waals surface area contributed by atoms with E-state index in [0.717, 1.165) is 24.3 Å². The second-order valence-corrected chi connectivity index (χ2v) is 5.93. The van der Waals surface area contributed by atoms with Crippen LogP contribution >= 0.6 is 0 Å². The fourth-order valence-electron chi connectivity index (χ4n) is 3.21. The number of hydrogen-bond acceptors (Lipinski definition) is 1. The molecule has 3 rings (SSSR count). The third-order valence-electron chi connectivity index (χ3n) is 4.60. The highest BCUT2D eigenvalue weighted by atomic mass is 19.1. The molecule has 0 fully saturated rings. The number of benzene rings is 2. The second kappa shape index (κ2) is 5.88. The molecule has 0 bridgehead atoms. The lowest BCUT2D eigenvalue weighted by molar-refractivity contribution is 0.445. The van der Waals surface area contributed by atoms with Crippen molar-refractivity contribution in [3.63, 3.8) is 0 Å². The van der Waals surface area contributed by atoms with E-state index >= 15 is 0 Å². The molecule has 1 unspecified atom stereocenters. The number of hydrogen-bond donors (Lipinski definition) is 0. The quantitative estimate of drug-likeness (QED) is 0.763. The van der Waals surface area contributed by atoms with E-state index in [1.165, 1.54) is 36.1 Å². The Hall–Kier alpha value is -2.21. The molecular weight excluding hydrogens is 280 g/mol. The standard InChI is InChI=1S/C19H17F2N/c1-2-12-3-4-14-8-15(6-5-13(14)7-12)16-9-18(20)17(11-22)19(21)10-16/h5-6,8-10,12H,2-4,7H2,1H3. The van der Waals surface area contributed by atoms with E-state index in [-0.39, 0.29) is 0 Å². The van der Waals surface area contributed by atoms with Crippen LogP contribution in [-0.4, -0.2) is 0 Å². The molecule has 0 heterocycles. The van der Waals surface area contributed by atoms with Crippen LogP contribution in [0, 0.1) is 28.9 Å². The number of aryl methyl sites for hydroxylation is 1. The van der Waals surface area contributed by atoms with Crippen molar-refractivity contribution in [1.82, 2.24) is 0 Å². The Labute approximate surface area is 129 Å². The molecule has 1 aliphatic carbocycles. The van der Waals surface area contributed by atoms with Crippen LogP contribution in [0.1, 0.15) is 36.5 Å². The summed E-state index contributed by atoms with van der Waals surface area (Å²) >= 11 is 0. The second-order valence-electron chi connectivity index (χ2n) is 5.93. The largest absolute Gasteiger partial charge is 0.205 e. The summed E-state index contributed by atoms with van der Waals surface area (Å²) in [5.41, 5.74) is 3.38. The van der Waals surface area contributed by atoms with E-state index in [1.807, 2.05) is 12.1 Å². The van der Waals surface area contributed by atoms with Gasteiger partial charge in [0.25, 0.3) is 0 Å². The summed E-state index contributed by atoms with van der Waals surface area (Å²) < 4.78 is 27.5. The Morgan fingerprint density at radius 2 is 1.82 bits per heavy atom. The van der Waals surface area contributed by atoms with Gasteiger partial charge >= 0.3 is 0 Å². The molecule has 2 aromatic carbocycles. The fraction of sp³-hybridized carbons (Fsp3) is 0.316. The van der Waals surface area contributed by atoms with E-state index in [0.29, 0.717) is 5.56 Å². The summed E-state index contributed by atoms with van der Waals surface area (Å²) in [6.07, 6.45) is 4.46. The molecule has 0 aliphatic heterocycles. The topological polar surface area (TPSA) is 23.8 Å². The van der Waals surface area contributed by atoms with Gasteiger partial charge in [-0.05, 0) is 59.6 Å². The minimum absolute atomic E-state index is 0.481. The lowest BCUT2D eigenvalue weighted by Gasteiger charge is -2.24. The zero-order valence-electron chi connectivity index (χ0n) is 12.5. The molecule has 1 atom stereocenters. The minimum atomic E-state index is -0.804. The van der Waals surface area contributed by atoms with Gasteiger partial charge in [-0.3, -0.25) is 0 Å². The molecule has 3 heteroatoms. The van der Waals surface area contributed by atoms with E-state index in [9.17, 15) is 8.78 Å². The summed E-state index contributed by atoms with van der Waals surface area (Å²) in [7, 11) is 0. The first-order valence-corrected chi connectivity index (χ1v) is 7.63. The van der Waals surface area contributed by atoms with Crippen molar-refractivity contribution >= 4 is 0 Å². The molecule has 0 amide bonds. The molecule has 0 aromatic heterocycles. The predicted octanol–water partition coefficient (Wildman–Crippen LogP) is 5.02. The van der Waals surface area contributed by atoms with Crippen LogP contribution < -0.4 is 0 Å². The Kier molecular flexibility index (Phi) is 3.94. The molecule has 0 N–H and O–H groups in total. The number of nitriles is 1. The molecule has 2 aromatic rings. The first-order valence-electron chi connectivity index (χ1n) is 7.63. The molecule has 0 radical (unpaired) electrons. The summed E-state index contributed by atoms with van der Waals surface area (Å²) in [4.78, 5) is 0. The van der Waals surface area contributed by atoms with Crippen LogP contribution in [0.4, 0.5) is 8.78 Å². The minimum Gasteiger partial charge on any atom is -0.205 e. The third-order valence-corrected chi connectivity index (χ3v) is 4.60. The molecule has 1 aliphatic rings. The molecule has 112 valence electrons. The number of nitrogens with zero attached hydrogens (tertiary/aromatic N) is 1. The Morgan fingerprint density at radius 3 is 2.45 bits per heavy atom. The first kappa shape index (κ1) is 14.7. The van der Waals surface area contributed by atoms with Crippen molar-refractivity contribution in [3.05, 3.63) is 58.7 Å². The van der Waals surface area contributed by atoms with Gasteiger partial charge in [0.05, 0.1) is 0 Å². The summed E-state index contributed by atoms with van der Waals surface area (Å²) in [5.74, 6) is -0.870. The van der Waals surface area contributed by atoms with E-state index in [1.54, 1.807) is 6.07 Å². The van der Waals surface area contributed by atoms with Crippen LogP contribution in [0.2, 0.25) is 0 Å². The van der Waals surface area contributed by atoms with E-state index in [4.69, 9.17) is 5.26 Å². The molecule has 22 heavy (non-hydrogen) atoms. The van der Waals surface area contributed by atoms with Crippen molar-refractivity contribution in [2.75, 3.05) is 0 Å². The van der Waals surface area contributed by atoms with Crippen LogP contribution in [0.15, 0.2) is 30.3 Å². The van der Waals surface area contributed by atoms with Gasteiger partial charge in [0.15, 0.2) is 0 Å². The van der Waals surface area contributed by atoms with Crippen molar-refractivity contribution in [2.45, 2.75) is 32.6 Å². The van der Waals surface area contributed by atoms with Crippen molar-refractivity contribution in [1.29, 1.82) is 5.26 Å². The number of halogens is 2. The lowest BCUT2D eigenvalue weighted by atomic mass is 9.81. The maximum absolute atomic E-state index is 13.8. The van der Waals surface area contributed by atoms with Gasteiger partial charge in [-0.2, -0.15) is 5.26 Å². The maximum atomic E-state index is 13.8. The first-order chi connectivity index (χ1) is 10.6. The van der Waals surface area contributed by atoms with Crippen molar-refractivity contribution < 1.29 is 8.78 Å². The number of rotatable bonds is 2. The maximum Gasteiger partial charge on any atom is 0.144 e. The highest BCUT2D eigenvalue weighted by Crippen LogP contribution is 2.32. The SMILES string of the molecule is CCC1CCc2cc(-c3cc(F)c(C#N)c(F)c3)ccc2C1. The molecule has 0 saturated heterocycles. The van der Waals surface area contributed by atoms with Crippen LogP contribution in [0.3, 0.4) is 0 Å². The summed E-state index contributed by atoms with van der Waals surface area (Å²) in [5, 5.41) is 8.74. The molecule has 0 saturated carbocycles. The van der Waals surface area contributed by atoms with Gasteiger partial charge in [-0.1, -0.05) is 31.5 Å². The van der Waals surface area contributed by atoms with Gasteiger partial charge in [-0.15, -0.1) is 0 Å². The zero-order chi connectivity index (χ0) is 15.7. The van der Waals surface area contributed by atoms with Gasteiger partial charge in [0, 0.05) is 0 Å². The predicted molar refractivity (Wildman–Crippen MR) is 82.3 cm³/mol. The molecular formula is C19H17F2N. The summed E-state index contributed by atoms with van der Waals surface area (Å²) in [6.45, 7) is 2.21. The van der Waals surface area contributed by atoms with Gasteiger partial charge in [0.2, 0.25) is 0 Å². The zero-order valence-corrected chi connectivity index (χ0v) is 12.5. The Bertz CT molecular complexity index is 736. The third kappa shape index (κ3) is 2.62. The van der Waals surface area contributed by atoms with Crippen LogP contribution in [-0.2, 0) is 12.8 Å². The smallest absolute Gasteiger partial charge is 0.144 e. The average Bonchev–Trinajstić information content (AvgIpc) is 2.53. The average molecular weight is 297 g/mol. The van der Waals surface area contributed by atoms with Gasteiger partial charge in [-0.25, -0.2) is 8.78 Å². The van der Waals surface area contributed by atoms with Gasteiger partial charge in [0.1, 0.15) is 23.3 Å². The molecule has 0 spiro atoms. The highest BCUT2D eigenvalue weighted by Gasteiger charge is 2.18. The van der Waals surface area contributed by atoms with E-state index < -0.39 is 17.2 Å².